The summed E-state index contributed by atoms with van der Waals surface area (Å²) >= 11 is 5.09. The van der Waals surface area contributed by atoms with Gasteiger partial charge in [0.25, 0.3) is 0 Å². The van der Waals surface area contributed by atoms with Gasteiger partial charge in [-0.25, -0.2) is 0 Å². The van der Waals surface area contributed by atoms with Crippen molar-refractivity contribution in [2.45, 2.75) is 25.4 Å². The molecule has 0 spiro atoms. The summed E-state index contributed by atoms with van der Waals surface area (Å²) < 4.78 is 1.09. The second-order valence-electron chi connectivity index (χ2n) is 3.95. The molecule has 1 N–H and O–H groups in total. The number of hydrogen-bond acceptors (Lipinski definition) is 3. The molecule has 90 valence electrons. The molecule has 0 aliphatic rings. The Morgan fingerprint density at radius 1 is 1.41 bits per heavy atom. The molecule has 0 amide bonds. The van der Waals surface area contributed by atoms with Crippen LogP contribution in [0.2, 0.25) is 0 Å². The van der Waals surface area contributed by atoms with Gasteiger partial charge in [-0.1, -0.05) is 6.07 Å². The van der Waals surface area contributed by atoms with Crippen molar-refractivity contribution < 1.29 is 5.11 Å². The molecule has 0 saturated heterocycles. The molecule has 0 radical (unpaired) electrons. The van der Waals surface area contributed by atoms with E-state index < -0.39 is 0 Å². The van der Waals surface area contributed by atoms with Gasteiger partial charge in [-0.3, -0.25) is 4.98 Å². The van der Waals surface area contributed by atoms with Crippen molar-refractivity contribution in [1.82, 2.24) is 4.98 Å². The third-order valence-corrected chi connectivity index (χ3v) is 4.24. The fourth-order valence-corrected chi connectivity index (χ4v) is 3.18. The fraction of sp³-hybridized carbons (Fsp3) is 0.308. The molecule has 0 aliphatic carbocycles. The van der Waals surface area contributed by atoms with Crippen molar-refractivity contribution >= 4 is 27.3 Å². The van der Waals surface area contributed by atoms with Gasteiger partial charge in [-0.05, 0) is 47.0 Å². The highest BCUT2D eigenvalue weighted by molar-refractivity contribution is 9.10. The van der Waals surface area contributed by atoms with E-state index in [0.717, 1.165) is 29.4 Å². The molecule has 0 aliphatic heterocycles. The Morgan fingerprint density at radius 2 is 2.29 bits per heavy atom. The largest absolute Gasteiger partial charge is 0.393 e. The number of nitrogens with zero attached hydrogens (tertiary/aromatic N) is 1. The van der Waals surface area contributed by atoms with Crippen molar-refractivity contribution in [3.8, 4) is 0 Å². The van der Waals surface area contributed by atoms with Crippen LogP contribution in [0.3, 0.4) is 0 Å². The molecule has 2 aromatic rings. The van der Waals surface area contributed by atoms with Crippen molar-refractivity contribution in [3.63, 3.8) is 0 Å². The van der Waals surface area contributed by atoms with Crippen molar-refractivity contribution in [2.24, 2.45) is 0 Å². The average molecular weight is 312 g/mol. The number of halogens is 1. The molecule has 0 aromatic carbocycles. The Morgan fingerprint density at radius 3 is 2.94 bits per heavy atom. The van der Waals surface area contributed by atoms with Crippen LogP contribution >= 0.6 is 27.3 Å². The highest BCUT2D eigenvalue weighted by Crippen LogP contribution is 2.21. The monoisotopic (exact) mass is 311 g/mol. The molecule has 4 heteroatoms. The molecule has 1 unspecified atom stereocenters. The summed E-state index contributed by atoms with van der Waals surface area (Å²) in [5, 5.41) is 12.0. The Balaban J connectivity index is 1.80. The van der Waals surface area contributed by atoms with Crippen molar-refractivity contribution in [3.05, 3.63) is 50.9 Å². The van der Waals surface area contributed by atoms with E-state index in [4.69, 9.17) is 0 Å². The normalized spacial score (nSPS) is 12.6. The number of rotatable bonds is 5. The first-order valence-corrected chi connectivity index (χ1v) is 7.22. The number of thiophene rings is 1. The van der Waals surface area contributed by atoms with Crippen LogP contribution in [-0.4, -0.2) is 16.2 Å². The van der Waals surface area contributed by atoms with Gasteiger partial charge in [0.15, 0.2) is 0 Å². The van der Waals surface area contributed by atoms with Gasteiger partial charge in [0.05, 0.1) is 6.10 Å². The van der Waals surface area contributed by atoms with Gasteiger partial charge in [0.2, 0.25) is 0 Å². The lowest BCUT2D eigenvalue weighted by Gasteiger charge is -2.08. The van der Waals surface area contributed by atoms with E-state index >= 15 is 0 Å². The second kappa shape index (κ2) is 6.28. The third kappa shape index (κ3) is 4.22. The summed E-state index contributed by atoms with van der Waals surface area (Å²) in [6.07, 6.45) is 3.81. The summed E-state index contributed by atoms with van der Waals surface area (Å²) in [5.74, 6) is 0. The van der Waals surface area contributed by atoms with Crippen LogP contribution in [0.1, 0.15) is 17.0 Å². The molecule has 0 saturated carbocycles. The molecule has 0 bridgehead atoms. The standard InChI is InChI=1S/C13H14BrNOS/c14-10-7-13(17-9-10)8-12(16)5-4-11-3-1-2-6-15-11/h1-3,6-7,9,12,16H,4-5,8H2. The zero-order valence-electron chi connectivity index (χ0n) is 9.34. The maximum absolute atomic E-state index is 9.94. The van der Waals surface area contributed by atoms with Crippen LogP contribution < -0.4 is 0 Å². The van der Waals surface area contributed by atoms with Gasteiger partial charge in [0.1, 0.15) is 0 Å². The Bertz CT molecular complexity index is 457. The summed E-state index contributed by atoms with van der Waals surface area (Å²) in [5.41, 5.74) is 1.04. The second-order valence-corrected chi connectivity index (χ2v) is 5.86. The van der Waals surface area contributed by atoms with E-state index in [0.29, 0.717) is 0 Å². The summed E-state index contributed by atoms with van der Waals surface area (Å²) in [6.45, 7) is 0. The molecule has 17 heavy (non-hydrogen) atoms. The van der Waals surface area contributed by atoms with E-state index in [1.54, 1.807) is 17.5 Å². The van der Waals surface area contributed by atoms with Crippen molar-refractivity contribution in [2.75, 3.05) is 0 Å². The number of aliphatic hydroxyl groups excluding tert-OH is 1. The minimum Gasteiger partial charge on any atom is -0.393 e. The first-order chi connectivity index (χ1) is 8.24. The average Bonchev–Trinajstić information content (AvgIpc) is 2.73. The summed E-state index contributed by atoms with van der Waals surface area (Å²) in [4.78, 5) is 5.46. The predicted molar refractivity (Wildman–Crippen MR) is 74.3 cm³/mol. The minimum absolute atomic E-state index is 0.289. The number of pyridine rings is 1. The van der Waals surface area contributed by atoms with E-state index in [-0.39, 0.29) is 6.10 Å². The molecular formula is C13H14BrNOS. The lowest BCUT2D eigenvalue weighted by molar-refractivity contribution is 0.165. The highest BCUT2D eigenvalue weighted by Gasteiger charge is 2.08. The number of aryl methyl sites for hydroxylation is 1. The van der Waals surface area contributed by atoms with E-state index in [2.05, 4.69) is 27.0 Å². The lowest BCUT2D eigenvalue weighted by Crippen LogP contribution is -2.11. The quantitative estimate of drug-likeness (QED) is 0.917. The fourth-order valence-electron chi connectivity index (χ4n) is 1.66. The Labute approximate surface area is 113 Å². The van der Waals surface area contributed by atoms with Gasteiger partial charge in [-0.15, -0.1) is 11.3 Å². The Kier molecular flexibility index (Phi) is 4.71. The lowest BCUT2D eigenvalue weighted by atomic mass is 10.1. The van der Waals surface area contributed by atoms with Gasteiger partial charge in [-0.2, -0.15) is 0 Å². The molecule has 0 fully saturated rings. The SMILES string of the molecule is OC(CCc1ccccn1)Cc1cc(Br)cs1. The van der Waals surface area contributed by atoms with Crippen LogP contribution in [0.15, 0.2) is 40.3 Å². The van der Waals surface area contributed by atoms with E-state index in [9.17, 15) is 5.11 Å². The highest BCUT2D eigenvalue weighted by atomic mass is 79.9. The van der Waals surface area contributed by atoms with Gasteiger partial charge >= 0.3 is 0 Å². The number of hydrogen-bond donors (Lipinski definition) is 1. The molecule has 2 aromatic heterocycles. The Hall–Kier alpha value is -0.710. The summed E-state index contributed by atoms with van der Waals surface area (Å²) in [7, 11) is 0. The van der Waals surface area contributed by atoms with Crippen molar-refractivity contribution in [1.29, 1.82) is 0 Å². The van der Waals surface area contributed by atoms with Crippen LogP contribution in [-0.2, 0) is 12.8 Å². The van der Waals surface area contributed by atoms with Crippen LogP contribution in [0.4, 0.5) is 0 Å². The van der Waals surface area contributed by atoms with E-state index in [1.807, 2.05) is 23.6 Å². The maximum atomic E-state index is 9.94. The van der Waals surface area contributed by atoms with Crippen LogP contribution in [0, 0.1) is 0 Å². The molecule has 2 heterocycles. The zero-order chi connectivity index (χ0) is 12.1. The van der Waals surface area contributed by atoms with Crippen LogP contribution in [0.5, 0.6) is 0 Å². The number of aliphatic hydroxyl groups is 1. The zero-order valence-corrected chi connectivity index (χ0v) is 11.7. The predicted octanol–water partition coefficient (Wildman–Crippen LogP) is 3.44. The van der Waals surface area contributed by atoms with Gasteiger partial charge in [0, 0.05) is 33.0 Å². The van der Waals surface area contributed by atoms with E-state index in [1.165, 1.54) is 4.88 Å². The van der Waals surface area contributed by atoms with Crippen LogP contribution in [0.25, 0.3) is 0 Å². The maximum Gasteiger partial charge on any atom is 0.0592 e. The molecule has 1 atom stereocenters. The first kappa shape index (κ1) is 12.7. The molecule has 2 rings (SSSR count). The topological polar surface area (TPSA) is 33.1 Å². The molecule has 2 nitrogen and oxygen atoms in total. The minimum atomic E-state index is -0.289. The third-order valence-electron chi connectivity index (χ3n) is 2.52. The number of aromatic nitrogens is 1. The first-order valence-electron chi connectivity index (χ1n) is 5.55. The molecular weight excluding hydrogens is 298 g/mol. The van der Waals surface area contributed by atoms with Gasteiger partial charge < -0.3 is 5.11 Å². The smallest absolute Gasteiger partial charge is 0.0592 e. The summed E-state index contributed by atoms with van der Waals surface area (Å²) in [6, 6.07) is 7.94.